The van der Waals surface area contributed by atoms with E-state index < -0.39 is 28.5 Å². The molecule has 0 bridgehead atoms. The molecule has 2 amide bonds. The summed E-state index contributed by atoms with van der Waals surface area (Å²) < 4.78 is 30.1. The number of hydrogen-bond acceptors (Lipinski definition) is 4. The summed E-state index contributed by atoms with van der Waals surface area (Å²) in [5, 5.41) is 3.29. The number of carbonyl (C=O) groups is 2. The van der Waals surface area contributed by atoms with Crippen LogP contribution in [0.4, 0.5) is 5.69 Å². The summed E-state index contributed by atoms with van der Waals surface area (Å²) in [4.78, 5) is 29.7. The molecule has 0 saturated carbocycles. The van der Waals surface area contributed by atoms with Crippen LogP contribution >= 0.6 is 39.1 Å². The van der Waals surface area contributed by atoms with E-state index in [1.165, 1.54) is 35.2 Å². The third kappa shape index (κ3) is 9.10. The molecule has 0 aromatic heterocycles. The summed E-state index contributed by atoms with van der Waals surface area (Å²) in [5.41, 5.74) is 2.52. The SMILES string of the molecule is Cc1ccc(S(=O)(=O)N(CC(=O)N(Cc2cccc(Br)c2)C(Cc2ccccc2)C(=O)NC(C)C)c2cc(Cl)ccc2Cl)cc1. The Morgan fingerprint density at radius 2 is 1.53 bits per heavy atom. The number of halogens is 3. The van der Waals surface area contributed by atoms with Gasteiger partial charge in [0.15, 0.2) is 0 Å². The standard InChI is InChI=1S/C34H34BrCl2N3O4S/c1-23(2)38-34(42)32(19-25-8-5-4-6-9-25)39(21-26-10-7-11-27(35)18-26)33(41)22-40(31-20-28(36)14-17-30(31)37)45(43,44)29-15-12-24(3)13-16-29/h4-18,20,23,32H,19,21-22H2,1-3H3,(H,38,42). The van der Waals surface area contributed by atoms with Crippen molar-refractivity contribution in [2.75, 3.05) is 10.8 Å². The van der Waals surface area contributed by atoms with Crippen molar-refractivity contribution in [1.82, 2.24) is 10.2 Å². The zero-order valence-electron chi connectivity index (χ0n) is 25.1. The average molecular weight is 732 g/mol. The number of sulfonamides is 1. The maximum Gasteiger partial charge on any atom is 0.264 e. The third-order valence-corrected chi connectivity index (χ3v) is 9.83. The van der Waals surface area contributed by atoms with Gasteiger partial charge in [-0.3, -0.25) is 13.9 Å². The van der Waals surface area contributed by atoms with E-state index in [-0.39, 0.29) is 45.5 Å². The van der Waals surface area contributed by atoms with E-state index in [2.05, 4.69) is 21.2 Å². The topological polar surface area (TPSA) is 86.8 Å². The minimum Gasteiger partial charge on any atom is -0.352 e. The van der Waals surface area contributed by atoms with Crippen LogP contribution < -0.4 is 9.62 Å². The molecule has 0 aliphatic rings. The molecule has 1 atom stereocenters. The number of amides is 2. The molecule has 45 heavy (non-hydrogen) atoms. The maximum absolute atomic E-state index is 14.5. The quantitative estimate of drug-likeness (QED) is 0.164. The molecule has 1 unspecified atom stereocenters. The van der Waals surface area contributed by atoms with Crippen LogP contribution in [0.2, 0.25) is 10.0 Å². The second kappa shape index (κ2) is 15.3. The minimum atomic E-state index is -4.31. The van der Waals surface area contributed by atoms with Gasteiger partial charge < -0.3 is 10.2 Å². The van der Waals surface area contributed by atoms with E-state index in [4.69, 9.17) is 23.2 Å². The Hall–Kier alpha value is -3.37. The van der Waals surface area contributed by atoms with Gasteiger partial charge in [-0.05, 0) is 74.4 Å². The number of aryl methyl sites for hydroxylation is 1. The smallest absolute Gasteiger partial charge is 0.264 e. The molecule has 236 valence electrons. The lowest BCUT2D eigenvalue weighted by atomic mass is 10.0. The fourth-order valence-corrected chi connectivity index (χ4v) is 7.10. The van der Waals surface area contributed by atoms with Crippen LogP contribution in [0.1, 0.15) is 30.5 Å². The summed E-state index contributed by atoms with van der Waals surface area (Å²) >= 11 is 16.3. The molecule has 0 saturated heterocycles. The Morgan fingerprint density at radius 3 is 2.18 bits per heavy atom. The first-order chi connectivity index (χ1) is 21.3. The average Bonchev–Trinajstić information content (AvgIpc) is 2.99. The summed E-state index contributed by atoms with van der Waals surface area (Å²) in [6.45, 7) is 4.94. The normalized spacial score (nSPS) is 12.1. The minimum absolute atomic E-state index is 0.0196. The van der Waals surface area contributed by atoms with Crippen LogP contribution in [-0.2, 0) is 32.6 Å². The highest BCUT2D eigenvalue weighted by atomic mass is 79.9. The maximum atomic E-state index is 14.5. The lowest BCUT2D eigenvalue weighted by Crippen LogP contribution is -2.54. The lowest BCUT2D eigenvalue weighted by Gasteiger charge is -2.34. The molecule has 0 aliphatic carbocycles. The number of rotatable bonds is 12. The largest absolute Gasteiger partial charge is 0.352 e. The first-order valence-electron chi connectivity index (χ1n) is 14.3. The van der Waals surface area contributed by atoms with Gasteiger partial charge in [0.25, 0.3) is 10.0 Å². The molecule has 0 aliphatic heterocycles. The molecular formula is C34H34BrCl2N3O4S. The molecule has 1 N–H and O–H groups in total. The van der Waals surface area contributed by atoms with Crippen LogP contribution in [0.3, 0.4) is 0 Å². The van der Waals surface area contributed by atoms with Gasteiger partial charge in [0.1, 0.15) is 12.6 Å². The first-order valence-corrected chi connectivity index (χ1v) is 17.3. The number of nitrogens with zero attached hydrogens (tertiary/aromatic N) is 2. The van der Waals surface area contributed by atoms with Crippen LogP contribution in [0.25, 0.3) is 0 Å². The monoisotopic (exact) mass is 729 g/mol. The second-order valence-corrected chi connectivity index (χ2v) is 14.6. The molecule has 0 fully saturated rings. The van der Waals surface area contributed by atoms with Crippen molar-refractivity contribution in [3.8, 4) is 0 Å². The Bertz CT molecular complexity index is 1750. The predicted octanol–water partition coefficient (Wildman–Crippen LogP) is 7.42. The second-order valence-electron chi connectivity index (χ2n) is 10.9. The van der Waals surface area contributed by atoms with Gasteiger partial charge in [-0.1, -0.05) is 99.3 Å². The van der Waals surface area contributed by atoms with Crippen molar-refractivity contribution in [2.24, 2.45) is 0 Å². The van der Waals surface area contributed by atoms with E-state index in [1.807, 2.05) is 75.4 Å². The van der Waals surface area contributed by atoms with Gasteiger partial charge in [-0.15, -0.1) is 0 Å². The van der Waals surface area contributed by atoms with Crippen molar-refractivity contribution >= 4 is 66.7 Å². The highest BCUT2D eigenvalue weighted by Crippen LogP contribution is 2.33. The molecule has 0 radical (unpaired) electrons. The number of nitrogens with one attached hydrogen (secondary N) is 1. The molecule has 7 nitrogen and oxygen atoms in total. The zero-order chi connectivity index (χ0) is 32.7. The van der Waals surface area contributed by atoms with Crippen LogP contribution in [0.15, 0.2) is 106 Å². The fraction of sp³-hybridized carbons (Fsp3) is 0.235. The number of benzene rings is 4. The van der Waals surface area contributed by atoms with Crippen LogP contribution in [0, 0.1) is 6.92 Å². The van der Waals surface area contributed by atoms with Crippen molar-refractivity contribution < 1.29 is 18.0 Å². The Balaban J connectivity index is 1.84. The van der Waals surface area contributed by atoms with E-state index in [0.29, 0.717) is 0 Å². The Labute approximate surface area is 283 Å². The zero-order valence-corrected chi connectivity index (χ0v) is 29.0. The summed E-state index contributed by atoms with van der Waals surface area (Å²) in [5.74, 6) is -0.951. The van der Waals surface area contributed by atoms with Crippen molar-refractivity contribution in [2.45, 2.75) is 50.7 Å². The fourth-order valence-electron chi connectivity index (χ4n) is 4.79. The summed E-state index contributed by atoms with van der Waals surface area (Å²) in [6, 6.07) is 26.4. The predicted molar refractivity (Wildman–Crippen MR) is 184 cm³/mol. The molecule has 0 spiro atoms. The molecule has 4 rings (SSSR count). The molecule has 4 aromatic rings. The summed E-state index contributed by atoms with van der Waals surface area (Å²) in [7, 11) is -4.31. The van der Waals surface area contributed by atoms with Crippen molar-refractivity contribution in [1.29, 1.82) is 0 Å². The highest BCUT2D eigenvalue weighted by molar-refractivity contribution is 9.10. The van der Waals surface area contributed by atoms with Gasteiger partial charge in [0.2, 0.25) is 11.8 Å². The van der Waals surface area contributed by atoms with Crippen LogP contribution in [0.5, 0.6) is 0 Å². The Morgan fingerprint density at radius 1 is 0.867 bits per heavy atom. The molecular weight excluding hydrogens is 697 g/mol. The highest BCUT2D eigenvalue weighted by Gasteiger charge is 2.35. The first kappa shape index (κ1) is 34.5. The lowest BCUT2D eigenvalue weighted by molar-refractivity contribution is -0.140. The molecule has 11 heteroatoms. The molecule has 0 heterocycles. The van der Waals surface area contributed by atoms with Crippen molar-refractivity contribution in [3.05, 3.63) is 128 Å². The van der Waals surface area contributed by atoms with Crippen molar-refractivity contribution in [3.63, 3.8) is 0 Å². The number of anilines is 1. The van der Waals surface area contributed by atoms with E-state index >= 15 is 0 Å². The Kier molecular flexibility index (Phi) is 11.7. The summed E-state index contributed by atoms with van der Waals surface area (Å²) in [6.07, 6.45) is 0.210. The van der Waals surface area contributed by atoms with Gasteiger partial charge in [-0.25, -0.2) is 8.42 Å². The van der Waals surface area contributed by atoms with Crippen LogP contribution in [-0.4, -0.2) is 43.8 Å². The van der Waals surface area contributed by atoms with Gasteiger partial charge >= 0.3 is 0 Å². The van der Waals surface area contributed by atoms with E-state index in [9.17, 15) is 18.0 Å². The van der Waals surface area contributed by atoms with Gasteiger partial charge in [0, 0.05) is 28.5 Å². The van der Waals surface area contributed by atoms with E-state index in [0.717, 1.165) is 25.5 Å². The third-order valence-electron chi connectivity index (χ3n) is 7.01. The molecule has 4 aromatic carbocycles. The van der Waals surface area contributed by atoms with Gasteiger partial charge in [-0.2, -0.15) is 0 Å². The number of hydrogen-bond donors (Lipinski definition) is 1. The van der Waals surface area contributed by atoms with E-state index in [1.54, 1.807) is 12.1 Å². The van der Waals surface area contributed by atoms with Gasteiger partial charge in [0.05, 0.1) is 15.6 Å². The number of carbonyl (C=O) groups excluding carboxylic acids is 2.